The van der Waals surface area contributed by atoms with E-state index in [1.165, 1.54) is 11.5 Å². The van der Waals surface area contributed by atoms with Crippen LogP contribution in [0.15, 0.2) is 18.2 Å². The zero-order valence-electron chi connectivity index (χ0n) is 9.45. The Kier molecular flexibility index (Phi) is 2.56. The zero-order valence-corrected chi connectivity index (χ0v) is 10.3. The summed E-state index contributed by atoms with van der Waals surface area (Å²) in [5.41, 5.74) is 1.53. The molecule has 8 heteroatoms. The van der Waals surface area contributed by atoms with Crippen molar-refractivity contribution < 1.29 is 9.53 Å². The van der Waals surface area contributed by atoms with Crippen LogP contribution < -0.4 is 15.0 Å². The molecule has 0 saturated carbocycles. The predicted molar refractivity (Wildman–Crippen MR) is 66.3 cm³/mol. The number of aromatic nitrogens is 3. The maximum atomic E-state index is 11.3. The monoisotopic (exact) mass is 263 g/mol. The van der Waals surface area contributed by atoms with Gasteiger partial charge in [0.1, 0.15) is 5.75 Å². The summed E-state index contributed by atoms with van der Waals surface area (Å²) >= 11 is 1.20. The number of benzene rings is 1. The second-order valence-corrected chi connectivity index (χ2v) is 4.43. The highest BCUT2D eigenvalue weighted by Crippen LogP contribution is 2.33. The highest BCUT2D eigenvalue weighted by atomic mass is 32.1. The first-order chi connectivity index (χ1) is 8.74. The summed E-state index contributed by atoms with van der Waals surface area (Å²) in [7, 11) is 1.86. The van der Waals surface area contributed by atoms with Crippen molar-refractivity contribution in [2.45, 2.75) is 0 Å². The van der Waals surface area contributed by atoms with E-state index in [-0.39, 0.29) is 12.5 Å². The van der Waals surface area contributed by atoms with Crippen molar-refractivity contribution >= 4 is 33.9 Å². The Morgan fingerprint density at radius 3 is 3.17 bits per heavy atom. The van der Waals surface area contributed by atoms with E-state index in [4.69, 9.17) is 4.74 Å². The van der Waals surface area contributed by atoms with Crippen LogP contribution in [0.2, 0.25) is 0 Å². The van der Waals surface area contributed by atoms with E-state index in [9.17, 15) is 4.79 Å². The van der Waals surface area contributed by atoms with Gasteiger partial charge in [0.2, 0.25) is 5.13 Å². The van der Waals surface area contributed by atoms with Gasteiger partial charge in [0.15, 0.2) is 6.61 Å². The van der Waals surface area contributed by atoms with Crippen molar-refractivity contribution in [3.8, 4) is 5.75 Å². The van der Waals surface area contributed by atoms with Crippen LogP contribution in [0.4, 0.5) is 16.5 Å². The summed E-state index contributed by atoms with van der Waals surface area (Å²) in [5.74, 6) is 0.516. The summed E-state index contributed by atoms with van der Waals surface area (Å²) in [4.78, 5) is 13.1. The maximum absolute atomic E-state index is 11.3. The maximum Gasteiger partial charge on any atom is 0.262 e. The number of carbonyl (C=O) groups excluding carboxylic acids is 1. The molecule has 7 nitrogen and oxygen atoms in total. The van der Waals surface area contributed by atoms with Crippen LogP contribution in [-0.2, 0) is 4.79 Å². The molecule has 3 rings (SSSR count). The van der Waals surface area contributed by atoms with Crippen molar-refractivity contribution in [3.05, 3.63) is 18.2 Å². The van der Waals surface area contributed by atoms with Gasteiger partial charge in [-0.1, -0.05) is 9.59 Å². The van der Waals surface area contributed by atoms with Gasteiger partial charge in [-0.05, 0) is 23.4 Å². The largest absolute Gasteiger partial charge is 0.482 e. The Bertz CT molecular complexity index is 586. The Hall–Kier alpha value is -2.22. The fourth-order valence-corrected chi connectivity index (χ4v) is 2.10. The normalized spacial score (nSPS) is 13.5. The third-order valence-electron chi connectivity index (χ3n) is 2.56. The van der Waals surface area contributed by atoms with E-state index >= 15 is 0 Å². The molecule has 18 heavy (non-hydrogen) atoms. The Labute approximate surface area is 107 Å². The molecule has 0 atom stereocenters. The highest BCUT2D eigenvalue weighted by Gasteiger charge is 2.17. The number of hydrogen-bond donors (Lipinski definition) is 1. The van der Waals surface area contributed by atoms with E-state index in [1.807, 2.05) is 30.1 Å². The van der Waals surface area contributed by atoms with Crippen molar-refractivity contribution in [2.75, 3.05) is 23.9 Å². The van der Waals surface area contributed by atoms with E-state index in [0.717, 1.165) is 5.69 Å². The molecule has 0 bridgehead atoms. The van der Waals surface area contributed by atoms with Gasteiger partial charge in [-0.3, -0.25) is 4.79 Å². The predicted octanol–water partition coefficient (Wildman–Crippen LogP) is 1.03. The van der Waals surface area contributed by atoms with Crippen molar-refractivity contribution in [3.63, 3.8) is 0 Å². The molecule has 1 amide bonds. The third kappa shape index (κ3) is 1.86. The van der Waals surface area contributed by atoms with Crippen LogP contribution in [0.1, 0.15) is 0 Å². The molecule has 1 aliphatic heterocycles. The molecule has 0 spiro atoms. The Morgan fingerprint density at radius 2 is 2.39 bits per heavy atom. The highest BCUT2D eigenvalue weighted by molar-refractivity contribution is 7.09. The second kappa shape index (κ2) is 4.22. The number of amides is 1. The minimum absolute atomic E-state index is 0.0580. The molecular formula is C10H9N5O2S. The smallest absolute Gasteiger partial charge is 0.262 e. The summed E-state index contributed by atoms with van der Waals surface area (Å²) < 4.78 is 9.01. The lowest BCUT2D eigenvalue weighted by atomic mass is 10.2. The Balaban J connectivity index is 1.94. The molecule has 2 aromatic rings. The first-order valence-electron chi connectivity index (χ1n) is 5.19. The van der Waals surface area contributed by atoms with E-state index in [0.29, 0.717) is 16.6 Å². The molecule has 1 N–H and O–H groups in total. The summed E-state index contributed by atoms with van der Waals surface area (Å²) in [6, 6.07) is 5.53. The molecule has 0 aliphatic carbocycles. The average molecular weight is 263 g/mol. The van der Waals surface area contributed by atoms with Crippen LogP contribution >= 0.6 is 11.5 Å². The van der Waals surface area contributed by atoms with Gasteiger partial charge in [0, 0.05) is 24.3 Å². The molecular weight excluding hydrogens is 254 g/mol. The summed E-state index contributed by atoms with van der Waals surface area (Å²) in [5, 5.41) is 10.9. The number of nitrogens with one attached hydrogen (secondary N) is 1. The number of hydrogen-bond acceptors (Lipinski definition) is 7. The van der Waals surface area contributed by atoms with Gasteiger partial charge in [0.05, 0.1) is 5.69 Å². The van der Waals surface area contributed by atoms with Crippen molar-refractivity contribution in [1.82, 2.24) is 14.8 Å². The topological polar surface area (TPSA) is 80.2 Å². The minimum atomic E-state index is -0.153. The first kappa shape index (κ1) is 10.9. The van der Waals surface area contributed by atoms with Crippen LogP contribution in [0, 0.1) is 0 Å². The molecule has 0 fully saturated rings. The number of anilines is 3. The van der Waals surface area contributed by atoms with Gasteiger partial charge >= 0.3 is 0 Å². The van der Waals surface area contributed by atoms with Gasteiger partial charge in [-0.15, -0.1) is 0 Å². The SMILES string of the molecule is CN(c1ccc2c(c1)NC(=O)CO2)c1nnns1. The van der Waals surface area contributed by atoms with E-state index in [1.54, 1.807) is 0 Å². The van der Waals surface area contributed by atoms with Crippen LogP contribution in [-0.4, -0.2) is 34.4 Å². The van der Waals surface area contributed by atoms with Crippen LogP contribution in [0.5, 0.6) is 5.75 Å². The van der Waals surface area contributed by atoms with Gasteiger partial charge in [-0.2, -0.15) is 0 Å². The molecule has 92 valence electrons. The minimum Gasteiger partial charge on any atom is -0.482 e. The molecule has 2 heterocycles. The number of fused-ring (bicyclic) bond motifs is 1. The van der Waals surface area contributed by atoms with Crippen molar-refractivity contribution in [1.29, 1.82) is 0 Å². The Morgan fingerprint density at radius 1 is 1.50 bits per heavy atom. The van der Waals surface area contributed by atoms with Gasteiger partial charge in [0.25, 0.3) is 5.91 Å². The molecule has 1 aromatic heterocycles. The van der Waals surface area contributed by atoms with Gasteiger partial charge in [-0.25, -0.2) is 0 Å². The number of ether oxygens (including phenoxy) is 1. The summed E-state index contributed by atoms with van der Waals surface area (Å²) in [6.45, 7) is 0.0580. The van der Waals surface area contributed by atoms with Gasteiger partial charge < -0.3 is 15.0 Å². The standard InChI is InChI=1S/C10H9N5O2S/c1-15(10-12-13-14-18-10)6-2-3-8-7(4-6)11-9(16)5-17-8/h2-4H,5H2,1H3,(H,11,16). The second-order valence-electron chi connectivity index (χ2n) is 3.72. The fraction of sp³-hybridized carbons (Fsp3) is 0.200. The molecule has 1 aliphatic rings. The van der Waals surface area contributed by atoms with E-state index < -0.39 is 0 Å². The first-order valence-corrected chi connectivity index (χ1v) is 5.97. The zero-order chi connectivity index (χ0) is 12.5. The lowest BCUT2D eigenvalue weighted by Crippen LogP contribution is -2.25. The quantitative estimate of drug-likeness (QED) is 0.871. The number of rotatable bonds is 2. The summed E-state index contributed by atoms with van der Waals surface area (Å²) in [6.07, 6.45) is 0. The third-order valence-corrected chi connectivity index (χ3v) is 3.23. The fourth-order valence-electron chi connectivity index (χ4n) is 1.65. The van der Waals surface area contributed by atoms with Crippen LogP contribution in [0.25, 0.3) is 0 Å². The lowest BCUT2D eigenvalue weighted by Gasteiger charge is -2.21. The molecule has 0 radical (unpaired) electrons. The number of nitrogens with zero attached hydrogens (tertiary/aromatic N) is 4. The van der Waals surface area contributed by atoms with E-state index in [2.05, 4.69) is 20.1 Å². The molecule has 0 unspecified atom stereocenters. The number of carbonyl (C=O) groups is 1. The molecule has 1 aromatic carbocycles. The van der Waals surface area contributed by atoms with Crippen molar-refractivity contribution in [2.24, 2.45) is 0 Å². The van der Waals surface area contributed by atoms with Crippen LogP contribution in [0.3, 0.4) is 0 Å². The molecule has 0 saturated heterocycles. The average Bonchev–Trinajstić information content (AvgIpc) is 2.90. The lowest BCUT2D eigenvalue weighted by molar-refractivity contribution is -0.118.